The minimum absolute atomic E-state index is 0.521. The maximum atomic E-state index is 5.77. The number of nitrogens with two attached hydrogens (primary N) is 1. The number of imidazole rings is 1. The number of hydrogen-bond donors (Lipinski definition) is 1. The van der Waals surface area contributed by atoms with E-state index in [9.17, 15) is 0 Å². The molecule has 0 fully saturated rings. The molecule has 0 aromatic carbocycles. The third-order valence-corrected chi connectivity index (χ3v) is 2.33. The molecule has 4 nitrogen and oxygen atoms in total. The molecule has 0 aliphatic carbocycles. The van der Waals surface area contributed by atoms with E-state index in [0.29, 0.717) is 5.82 Å². The predicted molar refractivity (Wildman–Crippen MR) is 55.2 cm³/mol. The first-order valence-corrected chi connectivity index (χ1v) is 4.41. The molecule has 14 heavy (non-hydrogen) atoms. The summed E-state index contributed by atoms with van der Waals surface area (Å²) in [5.74, 6) is 0.521. The fourth-order valence-electron chi connectivity index (χ4n) is 1.35. The zero-order chi connectivity index (χ0) is 10.1. The average molecular weight is 188 g/mol. The molecule has 0 spiro atoms. The summed E-state index contributed by atoms with van der Waals surface area (Å²) in [6.07, 6.45) is 3.44. The van der Waals surface area contributed by atoms with Crippen LogP contribution in [0.2, 0.25) is 0 Å². The van der Waals surface area contributed by atoms with Crippen LogP contribution in [0.4, 0.5) is 5.82 Å². The van der Waals surface area contributed by atoms with Gasteiger partial charge in [-0.1, -0.05) is 0 Å². The lowest BCUT2D eigenvalue weighted by Gasteiger charge is -2.06. The van der Waals surface area contributed by atoms with Gasteiger partial charge in [-0.3, -0.25) is 4.57 Å². The summed E-state index contributed by atoms with van der Waals surface area (Å²) < 4.78 is 1.94. The van der Waals surface area contributed by atoms with Gasteiger partial charge >= 0.3 is 0 Å². The fraction of sp³-hybridized carbons (Fsp3) is 0.200. The molecule has 0 aliphatic rings. The van der Waals surface area contributed by atoms with Gasteiger partial charge < -0.3 is 5.73 Å². The minimum atomic E-state index is 0.521. The second kappa shape index (κ2) is 3.14. The number of aryl methyl sites for hydroxylation is 1. The highest BCUT2D eigenvalue weighted by Gasteiger charge is 2.06. The van der Waals surface area contributed by atoms with E-state index in [4.69, 9.17) is 5.73 Å². The van der Waals surface area contributed by atoms with E-state index in [0.717, 1.165) is 17.1 Å². The molecule has 2 aromatic heterocycles. The van der Waals surface area contributed by atoms with Crippen molar-refractivity contribution in [3.63, 3.8) is 0 Å². The normalized spacial score (nSPS) is 10.4. The van der Waals surface area contributed by atoms with E-state index in [2.05, 4.69) is 9.97 Å². The van der Waals surface area contributed by atoms with E-state index in [1.54, 1.807) is 12.5 Å². The number of aromatic nitrogens is 3. The van der Waals surface area contributed by atoms with Crippen molar-refractivity contribution in [2.75, 3.05) is 5.73 Å². The van der Waals surface area contributed by atoms with Crippen LogP contribution >= 0.6 is 0 Å². The molecular weight excluding hydrogens is 176 g/mol. The van der Waals surface area contributed by atoms with Crippen LogP contribution in [0.5, 0.6) is 0 Å². The molecule has 2 heterocycles. The molecule has 0 saturated carbocycles. The minimum Gasteiger partial charge on any atom is -0.382 e. The van der Waals surface area contributed by atoms with Crippen molar-refractivity contribution in [3.8, 4) is 5.69 Å². The standard InChI is InChI=1S/C10H12N4/c1-7-8(2)14(6-13-7)9-4-3-5-12-10(9)11/h3-6H,1-2H3,(H2,11,12). The summed E-state index contributed by atoms with van der Waals surface area (Å²) in [7, 11) is 0. The lowest BCUT2D eigenvalue weighted by atomic mass is 10.3. The molecule has 0 unspecified atom stereocenters. The van der Waals surface area contributed by atoms with Crippen molar-refractivity contribution in [1.29, 1.82) is 0 Å². The highest BCUT2D eigenvalue weighted by Crippen LogP contribution is 2.17. The Morgan fingerprint density at radius 3 is 2.64 bits per heavy atom. The zero-order valence-electron chi connectivity index (χ0n) is 8.23. The first-order valence-electron chi connectivity index (χ1n) is 4.41. The van der Waals surface area contributed by atoms with Crippen molar-refractivity contribution in [1.82, 2.24) is 14.5 Å². The van der Waals surface area contributed by atoms with Crippen molar-refractivity contribution in [2.24, 2.45) is 0 Å². The van der Waals surface area contributed by atoms with Gasteiger partial charge in [0.1, 0.15) is 5.82 Å². The van der Waals surface area contributed by atoms with Crippen LogP contribution in [0.3, 0.4) is 0 Å². The molecule has 4 heteroatoms. The van der Waals surface area contributed by atoms with Crippen LogP contribution in [-0.2, 0) is 0 Å². The molecular formula is C10H12N4. The Kier molecular flexibility index (Phi) is 1.96. The average Bonchev–Trinajstić information content (AvgIpc) is 2.49. The summed E-state index contributed by atoms with van der Waals surface area (Å²) in [5, 5.41) is 0. The number of rotatable bonds is 1. The summed E-state index contributed by atoms with van der Waals surface area (Å²) in [5.41, 5.74) is 8.75. The maximum absolute atomic E-state index is 5.77. The van der Waals surface area contributed by atoms with Gasteiger partial charge in [0, 0.05) is 11.9 Å². The number of nitrogen functional groups attached to an aromatic ring is 1. The largest absolute Gasteiger partial charge is 0.382 e. The molecule has 0 saturated heterocycles. The van der Waals surface area contributed by atoms with E-state index in [1.807, 2.05) is 30.5 Å². The zero-order valence-corrected chi connectivity index (χ0v) is 8.23. The van der Waals surface area contributed by atoms with Crippen LogP contribution in [0.25, 0.3) is 5.69 Å². The summed E-state index contributed by atoms with van der Waals surface area (Å²) in [6, 6.07) is 3.79. The quantitative estimate of drug-likeness (QED) is 0.737. The molecule has 0 bridgehead atoms. The van der Waals surface area contributed by atoms with Crippen molar-refractivity contribution < 1.29 is 0 Å². The summed E-state index contributed by atoms with van der Waals surface area (Å²) >= 11 is 0. The van der Waals surface area contributed by atoms with Gasteiger partial charge in [-0.15, -0.1) is 0 Å². The topological polar surface area (TPSA) is 56.7 Å². The third kappa shape index (κ3) is 1.25. The Hall–Kier alpha value is -1.84. The highest BCUT2D eigenvalue weighted by molar-refractivity contribution is 5.52. The van der Waals surface area contributed by atoms with Crippen LogP contribution in [-0.4, -0.2) is 14.5 Å². The molecule has 2 rings (SSSR count). The van der Waals surface area contributed by atoms with Crippen LogP contribution in [0, 0.1) is 13.8 Å². The van der Waals surface area contributed by atoms with E-state index < -0.39 is 0 Å². The Morgan fingerprint density at radius 1 is 1.29 bits per heavy atom. The fourth-order valence-corrected chi connectivity index (χ4v) is 1.35. The maximum Gasteiger partial charge on any atom is 0.147 e. The molecule has 2 N–H and O–H groups in total. The second-order valence-electron chi connectivity index (χ2n) is 3.19. The molecule has 72 valence electrons. The lowest BCUT2D eigenvalue weighted by molar-refractivity contribution is 0.993. The van der Waals surface area contributed by atoms with Crippen LogP contribution in [0.1, 0.15) is 11.4 Å². The molecule has 0 radical (unpaired) electrons. The summed E-state index contributed by atoms with van der Waals surface area (Å²) in [6.45, 7) is 3.98. The number of anilines is 1. The van der Waals surface area contributed by atoms with Gasteiger partial charge in [0.05, 0.1) is 17.7 Å². The number of nitrogens with zero attached hydrogens (tertiary/aromatic N) is 3. The molecule has 0 atom stereocenters. The Morgan fingerprint density at radius 2 is 2.07 bits per heavy atom. The van der Waals surface area contributed by atoms with Crippen LogP contribution < -0.4 is 5.73 Å². The highest BCUT2D eigenvalue weighted by atomic mass is 15.1. The van der Waals surface area contributed by atoms with Crippen molar-refractivity contribution >= 4 is 5.82 Å². The number of hydrogen-bond acceptors (Lipinski definition) is 3. The molecule has 2 aromatic rings. The van der Waals surface area contributed by atoms with Gasteiger partial charge in [-0.25, -0.2) is 9.97 Å². The van der Waals surface area contributed by atoms with E-state index >= 15 is 0 Å². The monoisotopic (exact) mass is 188 g/mol. The van der Waals surface area contributed by atoms with E-state index in [1.165, 1.54) is 0 Å². The van der Waals surface area contributed by atoms with Gasteiger partial charge in [0.15, 0.2) is 0 Å². The van der Waals surface area contributed by atoms with Gasteiger partial charge in [-0.2, -0.15) is 0 Å². The predicted octanol–water partition coefficient (Wildman–Crippen LogP) is 1.47. The molecule has 0 amide bonds. The van der Waals surface area contributed by atoms with E-state index in [-0.39, 0.29) is 0 Å². The van der Waals surface area contributed by atoms with Gasteiger partial charge in [0.25, 0.3) is 0 Å². The van der Waals surface area contributed by atoms with Crippen LogP contribution in [0.15, 0.2) is 24.7 Å². The number of pyridine rings is 1. The summed E-state index contributed by atoms with van der Waals surface area (Å²) in [4.78, 5) is 8.25. The first kappa shape index (κ1) is 8.74. The van der Waals surface area contributed by atoms with Crippen molar-refractivity contribution in [2.45, 2.75) is 13.8 Å². The van der Waals surface area contributed by atoms with Crippen molar-refractivity contribution in [3.05, 3.63) is 36.0 Å². The molecule has 0 aliphatic heterocycles. The smallest absolute Gasteiger partial charge is 0.147 e. The lowest BCUT2D eigenvalue weighted by Crippen LogP contribution is -2.01. The third-order valence-electron chi connectivity index (χ3n) is 2.33. The Bertz CT molecular complexity index is 459. The van der Waals surface area contributed by atoms with Gasteiger partial charge in [0.2, 0.25) is 0 Å². The first-order chi connectivity index (χ1) is 6.70. The van der Waals surface area contributed by atoms with Gasteiger partial charge in [-0.05, 0) is 26.0 Å². The Labute approximate surface area is 82.4 Å². The SMILES string of the molecule is Cc1ncn(-c2cccnc2N)c1C. The second-order valence-corrected chi connectivity index (χ2v) is 3.19. The Balaban J connectivity index is 2.60.